The van der Waals surface area contributed by atoms with Gasteiger partial charge in [-0.2, -0.15) is 0 Å². The molecule has 116 valence electrons. The number of rotatable bonds is 5. The van der Waals surface area contributed by atoms with Gasteiger partial charge in [0.15, 0.2) is 6.79 Å². The van der Waals surface area contributed by atoms with Gasteiger partial charge in [0.05, 0.1) is 0 Å². The van der Waals surface area contributed by atoms with E-state index in [1.807, 2.05) is 24.3 Å². The predicted octanol–water partition coefficient (Wildman–Crippen LogP) is 5.14. The molecule has 0 aliphatic carbocycles. The lowest BCUT2D eigenvalue weighted by Crippen LogP contribution is -2.10. The topological polar surface area (TPSA) is 18.5 Å². The van der Waals surface area contributed by atoms with E-state index in [2.05, 4.69) is 57.2 Å². The van der Waals surface area contributed by atoms with Crippen LogP contribution >= 0.6 is 0 Å². The van der Waals surface area contributed by atoms with Crippen LogP contribution in [0.5, 0.6) is 5.75 Å². The maximum absolute atomic E-state index is 5.57. The van der Waals surface area contributed by atoms with E-state index in [1.54, 1.807) is 7.11 Å². The maximum Gasteiger partial charge on any atom is 0.188 e. The lowest BCUT2D eigenvalue weighted by Gasteiger charge is -2.18. The van der Waals surface area contributed by atoms with Gasteiger partial charge in [-0.05, 0) is 22.6 Å². The molecule has 2 aromatic rings. The first-order chi connectivity index (χ1) is 10.5. The van der Waals surface area contributed by atoms with E-state index in [4.69, 9.17) is 9.47 Å². The summed E-state index contributed by atoms with van der Waals surface area (Å²) in [5, 5.41) is 0. The van der Waals surface area contributed by atoms with Crippen molar-refractivity contribution in [2.24, 2.45) is 0 Å². The molecule has 2 rings (SSSR count). The Morgan fingerprint density at radius 1 is 0.909 bits per heavy atom. The lowest BCUT2D eigenvalue weighted by molar-refractivity contribution is 0.0510. The smallest absolute Gasteiger partial charge is 0.188 e. The zero-order valence-electron chi connectivity index (χ0n) is 13.8. The minimum absolute atomic E-state index is 0.183. The van der Waals surface area contributed by atoms with Crippen LogP contribution in [0.3, 0.4) is 0 Å². The van der Waals surface area contributed by atoms with Gasteiger partial charge in [0, 0.05) is 12.7 Å². The highest BCUT2D eigenvalue weighted by molar-refractivity contribution is 5.72. The molecule has 0 saturated carbocycles. The van der Waals surface area contributed by atoms with Crippen molar-refractivity contribution < 1.29 is 9.47 Å². The van der Waals surface area contributed by atoms with Gasteiger partial charge in [-0.3, -0.25) is 0 Å². The fraction of sp³-hybridized carbons (Fsp3) is 0.300. The second-order valence-electron chi connectivity index (χ2n) is 6.29. The van der Waals surface area contributed by atoms with Crippen molar-refractivity contribution in [1.29, 1.82) is 0 Å². The van der Waals surface area contributed by atoms with Gasteiger partial charge in [0.25, 0.3) is 0 Å². The maximum atomic E-state index is 5.57. The summed E-state index contributed by atoms with van der Waals surface area (Å²) in [5.41, 5.74) is 3.74. The predicted molar refractivity (Wildman–Crippen MR) is 93.0 cm³/mol. The average Bonchev–Trinajstić information content (AvgIpc) is 2.51. The van der Waals surface area contributed by atoms with Gasteiger partial charge in [-0.1, -0.05) is 75.4 Å². The highest BCUT2D eigenvalue weighted by atomic mass is 16.7. The summed E-state index contributed by atoms with van der Waals surface area (Å²) in [7, 11) is 1.62. The molecule has 0 radical (unpaired) electrons. The van der Waals surface area contributed by atoms with Crippen LogP contribution in [-0.2, 0) is 10.2 Å². The van der Waals surface area contributed by atoms with Crippen molar-refractivity contribution in [1.82, 2.24) is 0 Å². The Morgan fingerprint density at radius 3 is 2.23 bits per heavy atom. The van der Waals surface area contributed by atoms with Crippen LogP contribution in [0.4, 0.5) is 0 Å². The quantitative estimate of drug-likeness (QED) is 0.562. The average molecular weight is 296 g/mol. The van der Waals surface area contributed by atoms with E-state index in [0.29, 0.717) is 0 Å². The van der Waals surface area contributed by atoms with Gasteiger partial charge < -0.3 is 9.47 Å². The Balaban J connectivity index is 2.15. The van der Waals surface area contributed by atoms with Crippen LogP contribution in [0.1, 0.15) is 37.5 Å². The van der Waals surface area contributed by atoms with Crippen molar-refractivity contribution in [3.63, 3.8) is 0 Å². The molecule has 0 saturated heterocycles. The largest absolute Gasteiger partial charge is 0.467 e. The third-order valence-electron chi connectivity index (χ3n) is 3.48. The van der Waals surface area contributed by atoms with Crippen LogP contribution in [-0.4, -0.2) is 13.9 Å². The molecule has 0 atom stereocenters. The molecule has 0 heterocycles. The first-order valence-electron chi connectivity index (χ1n) is 7.50. The Kier molecular flexibility index (Phi) is 5.40. The van der Waals surface area contributed by atoms with Crippen molar-refractivity contribution >= 4 is 12.2 Å². The van der Waals surface area contributed by atoms with Crippen LogP contribution in [0.2, 0.25) is 0 Å². The molecule has 2 aromatic carbocycles. The number of hydrogen-bond donors (Lipinski definition) is 0. The number of para-hydroxylation sites is 1. The number of ether oxygens (including phenoxy) is 2. The summed E-state index contributed by atoms with van der Waals surface area (Å²) in [5.74, 6) is 0.826. The lowest BCUT2D eigenvalue weighted by atomic mass is 9.87. The number of methoxy groups -OCH3 is 1. The number of hydrogen-bond acceptors (Lipinski definition) is 2. The minimum atomic E-state index is 0.183. The van der Waals surface area contributed by atoms with E-state index in [1.165, 1.54) is 11.1 Å². The van der Waals surface area contributed by atoms with Gasteiger partial charge >= 0.3 is 0 Å². The fourth-order valence-corrected chi connectivity index (χ4v) is 2.15. The SMILES string of the molecule is COCOc1ccccc1/C=C\c1ccc(C(C)(C)C)cc1. The van der Waals surface area contributed by atoms with Gasteiger partial charge in [-0.15, -0.1) is 0 Å². The van der Waals surface area contributed by atoms with E-state index >= 15 is 0 Å². The molecule has 0 aliphatic rings. The normalized spacial score (nSPS) is 11.8. The highest BCUT2D eigenvalue weighted by Crippen LogP contribution is 2.24. The second kappa shape index (κ2) is 7.28. The molecular formula is C20H24O2. The molecule has 22 heavy (non-hydrogen) atoms. The first-order valence-corrected chi connectivity index (χ1v) is 7.50. The van der Waals surface area contributed by atoms with Crippen LogP contribution in [0.15, 0.2) is 48.5 Å². The Morgan fingerprint density at radius 2 is 1.59 bits per heavy atom. The van der Waals surface area contributed by atoms with Gasteiger partial charge in [0.2, 0.25) is 0 Å². The summed E-state index contributed by atoms with van der Waals surface area (Å²) in [6.07, 6.45) is 4.17. The summed E-state index contributed by atoms with van der Waals surface area (Å²) in [4.78, 5) is 0. The Bertz CT molecular complexity index is 619. The van der Waals surface area contributed by atoms with Crippen molar-refractivity contribution in [2.75, 3.05) is 13.9 Å². The van der Waals surface area contributed by atoms with Crippen LogP contribution in [0, 0.1) is 0 Å². The summed E-state index contributed by atoms with van der Waals surface area (Å²) in [6.45, 7) is 6.93. The molecule has 2 nitrogen and oxygen atoms in total. The molecule has 0 N–H and O–H groups in total. The van der Waals surface area contributed by atoms with Crippen molar-refractivity contribution in [3.8, 4) is 5.75 Å². The molecule has 0 aromatic heterocycles. The van der Waals surface area contributed by atoms with E-state index in [9.17, 15) is 0 Å². The zero-order chi connectivity index (χ0) is 16.0. The highest BCUT2D eigenvalue weighted by Gasteiger charge is 2.12. The Hall–Kier alpha value is -2.06. The third kappa shape index (κ3) is 4.47. The molecular weight excluding hydrogens is 272 g/mol. The van der Waals surface area contributed by atoms with Crippen LogP contribution in [0.25, 0.3) is 12.2 Å². The molecule has 0 amide bonds. The van der Waals surface area contributed by atoms with Gasteiger partial charge in [0.1, 0.15) is 5.75 Å². The van der Waals surface area contributed by atoms with E-state index in [-0.39, 0.29) is 12.2 Å². The van der Waals surface area contributed by atoms with E-state index < -0.39 is 0 Å². The monoisotopic (exact) mass is 296 g/mol. The summed E-state index contributed by atoms with van der Waals surface area (Å²) < 4.78 is 10.5. The number of benzene rings is 2. The van der Waals surface area contributed by atoms with Gasteiger partial charge in [-0.25, -0.2) is 0 Å². The molecule has 0 fully saturated rings. The first kappa shape index (κ1) is 16.3. The molecule has 0 bridgehead atoms. The fourth-order valence-electron chi connectivity index (χ4n) is 2.15. The molecule has 0 aliphatic heterocycles. The summed E-state index contributed by atoms with van der Waals surface area (Å²) >= 11 is 0. The van der Waals surface area contributed by atoms with E-state index in [0.717, 1.165) is 11.3 Å². The van der Waals surface area contributed by atoms with Crippen molar-refractivity contribution in [2.45, 2.75) is 26.2 Å². The zero-order valence-corrected chi connectivity index (χ0v) is 13.8. The molecule has 0 spiro atoms. The summed E-state index contributed by atoms with van der Waals surface area (Å²) in [6, 6.07) is 16.6. The molecule has 2 heteroatoms. The Labute approximate surface area is 133 Å². The second-order valence-corrected chi connectivity index (χ2v) is 6.29. The molecule has 0 unspecified atom stereocenters. The van der Waals surface area contributed by atoms with Crippen LogP contribution < -0.4 is 4.74 Å². The standard InChI is InChI=1S/C20H24O2/c1-20(2,3)18-13-10-16(11-14-18)9-12-17-7-5-6-8-19(17)22-15-21-4/h5-14H,15H2,1-4H3/b12-9-. The third-order valence-corrected chi connectivity index (χ3v) is 3.48. The minimum Gasteiger partial charge on any atom is -0.467 e. The van der Waals surface area contributed by atoms with Crippen molar-refractivity contribution in [3.05, 3.63) is 65.2 Å².